The summed E-state index contributed by atoms with van der Waals surface area (Å²) in [7, 11) is 0. The molecule has 0 aromatic heterocycles. The van der Waals surface area contributed by atoms with Gasteiger partial charge in [0.05, 0.1) is 24.6 Å². The summed E-state index contributed by atoms with van der Waals surface area (Å²) in [6, 6.07) is 30.8. The van der Waals surface area contributed by atoms with Crippen LogP contribution in [-0.4, -0.2) is 65.8 Å². The van der Waals surface area contributed by atoms with Crippen molar-refractivity contribution in [2.24, 2.45) is 5.92 Å². The fourth-order valence-electron chi connectivity index (χ4n) is 7.63. The summed E-state index contributed by atoms with van der Waals surface area (Å²) >= 11 is 0. The van der Waals surface area contributed by atoms with Crippen molar-refractivity contribution in [3.8, 4) is 11.1 Å². The molecule has 6 rings (SSSR count). The number of ether oxygens (including phenoxy) is 2. The third-order valence-corrected chi connectivity index (χ3v) is 10.6. The van der Waals surface area contributed by atoms with E-state index in [0.717, 1.165) is 33.4 Å². The predicted molar refractivity (Wildman–Crippen MR) is 214 cm³/mol. The Morgan fingerprint density at radius 3 is 2.11 bits per heavy atom. The predicted octanol–water partition coefficient (Wildman–Crippen LogP) is 6.79. The van der Waals surface area contributed by atoms with Gasteiger partial charge in [-0.3, -0.25) is 9.59 Å². The highest BCUT2D eigenvalue weighted by Crippen LogP contribution is 2.44. The van der Waals surface area contributed by atoms with Crippen LogP contribution in [0.4, 0.5) is 4.79 Å². The molecule has 3 amide bonds. The molecule has 290 valence electrons. The maximum atomic E-state index is 13.9. The van der Waals surface area contributed by atoms with Crippen molar-refractivity contribution in [2.75, 3.05) is 19.8 Å². The average Bonchev–Trinajstić information content (AvgIpc) is 3.55. The van der Waals surface area contributed by atoms with Gasteiger partial charge in [0.25, 0.3) is 0 Å². The minimum Gasteiger partial charge on any atom is -0.462 e. The maximum Gasteiger partial charge on any atom is 0.407 e. The first-order chi connectivity index (χ1) is 27.3. The van der Waals surface area contributed by atoms with Gasteiger partial charge in [-0.1, -0.05) is 115 Å². The highest BCUT2D eigenvalue weighted by molar-refractivity contribution is 5.87. The summed E-state index contributed by atoms with van der Waals surface area (Å²) in [5.41, 5.74) is 7.16. The van der Waals surface area contributed by atoms with Crippen LogP contribution in [0.2, 0.25) is 0 Å². The second kappa shape index (κ2) is 19.0. The summed E-state index contributed by atoms with van der Waals surface area (Å²) < 4.78 is 11.5. The van der Waals surface area contributed by atoms with E-state index in [9.17, 15) is 24.3 Å². The van der Waals surface area contributed by atoms with E-state index in [4.69, 9.17) is 9.47 Å². The number of nitrogens with zero attached hydrogens (tertiary/aromatic N) is 1. The molecule has 4 aromatic carbocycles. The molecule has 0 saturated heterocycles. The molecule has 0 fully saturated rings. The van der Waals surface area contributed by atoms with Crippen molar-refractivity contribution >= 4 is 23.9 Å². The van der Waals surface area contributed by atoms with Crippen molar-refractivity contribution in [2.45, 2.75) is 62.7 Å². The molecule has 1 aliphatic carbocycles. The lowest BCUT2D eigenvalue weighted by molar-refractivity contribution is -0.147. The number of alkyl carbamates (subject to hydrolysis) is 1. The Hall–Kier alpha value is -6.00. The van der Waals surface area contributed by atoms with E-state index < -0.39 is 42.0 Å². The highest BCUT2D eigenvalue weighted by Gasteiger charge is 2.34. The van der Waals surface area contributed by atoms with E-state index >= 15 is 0 Å². The van der Waals surface area contributed by atoms with Crippen molar-refractivity contribution in [3.05, 3.63) is 156 Å². The Morgan fingerprint density at radius 1 is 0.804 bits per heavy atom. The van der Waals surface area contributed by atoms with Crippen LogP contribution in [0.25, 0.3) is 11.1 Å². The summed E-state index contributed by atoms with van der Waals surface area (Å²) in [5, 5.41) is 15.8. The molecule has 1 aliphatic heterocycles. The monoisotopic (exact) mass is 755 g/mol. The van der Waals surface area contributed by atoms with Gasteiger partial charge >= 0.3 is 12.1 Å². The summed E-state index contributed by atoms with van der Waals surface area (Å²) in [6.45, 7) is 7.60. The summed E-state index contributed by atoms with van der Waals surface area (Å²) in [6.07, 6.45) is 3.84. The summed E-state index contributed by atoms with van der Waals surface area (Å²) in [5.74, 6) is -2.23. The van der Waals surface area contributed by atoms with E-state index in [1.807, 2.05) is 91.0 Å². The van der Waals surface area contributed by atoms with Crippen LogP contribution >= 0.6 is 0 Å². The number of benzene rings is 4. The maximum absolute atomic E-state index is 13.9. The number of carbonyl (C=O) groups is 4. The number of fused-ring (bicyclic) bond motifs is 4. The van der Waals surface area contributed by atoms with Gasteiger partial charge in [-0.2, -0.15) is 0 Å². The van der Waals surface area contributed by atoms with Gasteiger partial charge in [-0.05, 0) is 64.6 Å². The number of hydrogen-bond donors (Lipinski definition) is 3. The van der Waals surface area contributed by atoms with Crippen molar-refractivity contribution < 1.29 is 33.8 Å². The second-order valence-electron chi connectivity index (χ2n) is 14.2. The van der Waals surface area contributed by atoms with Gasteiger partial charge in [0.15, 0.2) is 0 Å². The minimum absolute atomic E-state index is 0.0886. The number of amides is 3. The topological polar surface area (TPSA) is 134 Å². The van der Waals surface area contributed by atoms with Gasteiger partial charge in [0, 0.05) is 18.9 Å². The smallest absolute Gasteiger partial charge is 0.407 e. The number of aliphatic hydroxyl groups excluding tert-OH is 1. The van der Waals surface area contributed by atoms with Gasteiger partial charge in [-0.15, -0.1) is 13.2 Å². The minimum atomic E-state index is -1.03. The van der Waals surface area contributed by atoms with E-state index in [1.54, 1.807) is 17.1 Å². The van der Waals surface area contributed by atoms with E-state index in [-0.39, 0.29) is 50.9 Å². The van der Waals surface area contributed by atoms with Crippen LogP contribution in [0.5, 0.6) is 0 Å². The van der Waals surface area contributed by atoms with Crippen LogP contribution in [0, 0.1) is 5.92 Å². The Balaban J connectivity index is 1.09. The Kier molecular flexibility index (Phi) is 13.5. The van der Waals surface area contributed by atoms with Gasteiger partial charge in [0.2, 0.25) is 11.8 Å². The molecule has 10 nitrogen and oxygen atoms in total. The lowest BCUT2D eigenvalue weighted by atomic mass is 9.92. The molecule has 3 N–H and O–H groups in total. The average molecular weight is 756 g/mol. The SMILES string of the molecule is C=CCCC(NC(=O)OCC1c2ccccc2-c2ccccc21)C(=O)OCC(NC(=O)C(CC=C)CC(=O)N1Cc2ccccc2CC1CO)c1ccccc1. The van der Waals surface area contributed by atoms with Crippen LogP contribution < -0.4 is 10.6 Å². The molecule has 0 radical (unpaired) electrons. The Labute approximate surface area is 328 Å². The zero-order chi connectivity index (χ0) is 39.4. The van der Waals surface area contributed by atoms with Crippen molar-refractivity contribution in [1.29, 1.82) is 0 Å². The molecule has 56 heavy (non-hydrogen) atoms. The lowest BCUT2D eigenvalue weighted by Gasteiger charge is -2.36. The number of aliphatic hydroxyl groups is 1. The molecule has 1 heterocycles. The number of allylic oxidation sites excluding steroid dienone is 2. The first-order valence-electron chi connectivity index (χ1n) is 19.1. The Bertz CT molecular complexity index is 1990. The van der Waals surface area contributed by atoms with Crippen LogP contribution in [0.1, 0.15) is 65.5 Å². The normalized spacial score (nSPS) is 15.9. The zero-order valence-electron chi connectivity index (χ0n) is 31.5. The molecule has 0 bridgehead atoms. The molecule has 4 unspecified atom stereocenters. The second-order valence-corrected chi connectivity index (χ2v) is 14.2. The van der Waals surface area contributed by atoms with Crippen LogP contribution in [-0.2, 0) is 36.8 Å². The quantitative estimate of drug-likeness (QED) is 0.0799. The van der Waals surface area contributed by atoms with E-state index in [2.05, 4.69) is 35.9 Å². The molecule has 4 atom stereocenters. The number of carbonyl (C=O) groups excluding carboxylic acids is 4. The molecule has 2 aliphatic rings. The fourth-order valence-corrected chi connectivity index (χ4v) is 7.63. The van der Waals surface area contributed by atoms with Gasteiger partial charge < -0.3 is 30.1 Å². The van der Waals surface area contributed by atoms with Crippen LogP contribution in [0.15, 0.2) is 128 Å². The van der Waals surface area contributed by atoms with Gasteiger partial charge in [-0.25, -0.2) is 9.59 Å². The number of rotatable bonds is 17. The molecular weight excluding hydrogens is 707 g/mol. The van der Waals surface area contributed by atoms with Crippen LogP contribution in [0.3, 0.4) is 0 Å². The first-order valence-corrected chi connectivity index (χ1v) is 19.1. The standard InChI is InChI=1S/C46H49N3O7/c1-3-5-24-41(48-46(54)56-29-40-38-22-13-11-20-36(38)37-21-12-14-23-39(37)40)45(53)55-30-42(31-16-7-6-8-17-31)47-44(52)33(15-4-2)26-43(51)49-27-34-19-10-9-18-32(34)25-35(49)28-50/h3-4,6-14,16-23,33,35,40-42,50H,1-2,5,15,24-30H2,(H,47,52)(H,48,54). The third-order valence-electron chi connectivity index (χ3n) is 10.6. The van der Waals surface area contributed by atoms with E-state index in [1.165, 1.54) is 0 Å². The fraction of sp³-hybridized carbons (Fsp3) is 0.304. The number of esters is 1. The molecule has 10 heteroatoms. The number of nitrogens with one attached hydrogen (secondary N) is 2. The zero-order valence-corrected chi connectivity index (χ0v) is 31.5. The van der Waals surface area contributed by atoms with E-state index in [0.29, 0.717) is 24.9 Å². The molecule has 4 aromatic rings. The lowest BCUT2D eigenvalue weighted by Crippen LogP contribution is -2.47. The highest BCUT2D eigenvalue weighted by atomic mass is 16.6. The molecular formula is C46H49N3O7. The third kappa shape index (κ3) is 9.44. The molecule has 0 spiro atoms. The van der Waals surface area contributed by atoms with Gasteiger partial charge in [0.1, 0.15) is 19.3 Å². The molecule has 0 saturated carbocycles. The largest absolute Gasteiger partial charge is 0.462 e. The van der Waals surface area contributed by atoms with Crippen molar-refractivity contribution in [1.82, 2.24) is 15.5 Å². The first kappa shape index (κ1) is 39.7. The Morgan fingerprint density at radius 2 is 1.45 bits per heavy atom. The number of hydrogen-bond acceptors (Lipinski definition) is 7. The van der Waals surface area contributed by atoms with Crippen molar-refractivity contribution in [3.63, 3.8) is 0 Å². The summed E-state index contributed by atoms with van der Waals surface area (Å²) in [4.78, 5) is 56.0.